The van der Waals surface area contributed by atoms with Crippen LogP contribution in [0.1, 0.15) is 33.6 Å². The van der Waals surface area contributed by atoms with E-state index in [1.807, 2.05) is 19.1 Å². The van der Waals surface area contributed by atoms with Crippen molar-refractivity contribution >= 4 is 11.8 Å². The van der Waals surface area contributed by atoms with Crippen LogP contribution in [0.4, 0.5) is 10.6 Å². The summed E-state index contributed by atoms with van der Waals surface area (Å²) >= 11 is 0. The van der Waals surface area contributed by atoms with Crippen LogP contribution in [0.25, 0.3) is 0 Å². The number of carbonyl (C=O) groups excluding carboxylic acids is 1. The maximum Gasteiger partial charge on any atom is 0.320 e. The summed E-state index contributed by atoms with van der Waals surface area (Å²) in [7, 11) is 0. The molecule has 1 atom stereocenters. The molecular weight excluding hydrogens is 214 g/mol. The van der Waals surface area contributed by atoms with Gasteiger partial charge in [0, 0.05) is 12.2 Å². The van der Waals surface area contributed by atoms with Crippen molar-refractivity contribution < 1.29 is 4.79 Å². The maximum atomic E-state index is 11.6. The minimum absolute atomic E-state index is 0.182. The van der Waals surface area contributed by atoms with Crippen molar-refractivity contribution in [2.45, 2.75) is 39.7 Å². The standard InChI is InChI=1S/C13H21N3O/c1-10(2)7-8-11(3)15-13(17)16-12-6-4-5-9-14-12/h4-6,9-11H,7-8H2,1-3H3,(H2,14,15,16,17)/t11-/m0/s1. The van der Waals surface area contributed by atoms with E-state index in [9.17, 15) is 4.79 Å². The zero-order valence-corrected chi connectivity index (χ0v) is 10.7. The predicted molar refractivity (Wildman–Crippen MR) is 69.9 cm³/mol. The van der Waals surface area contributed by atoms with Gasteiger partial charge in [-0.25, -0.2) is 9.78 Å². The Morgan fingerprint density at radius 1 is 1.29 bits per heavy atom. The Bertz CT molecular complexity index is 338. The van der Waals surface area contributed by atoms with E-state index in [0.717, 1.165) is 12.8 Å². The Morgan fingerprint density at radius 2 is 2.06 bits per heavy atom. The third-order valence-electron chi connectivity index (χ3n) is 2.46. The first-order valence-corrected chi connectivity index (χ1v) is 6.06. The van der Waals surface area contributed by atoms with Crippen molar-refractivity contribution in [3.63, 3.8) is 0 Å². The summed E-state index contributed by atoms with van der Waals surface area (Å²) < 4.78 is 0. The SMILES string of the molecule is CC(C)CC[C@H](C)NC(=O)Nc1ccccn1. The molecule has 17 heavy (non-hydrogen) atoms. The van der Waals surface area contributed by atoms with Gasteiger partial charge in [0.15, 0.2) is 0 Å². The van der Waals surface area contributed by atoms with Gasteiger partial charge in [-0.1, -0.05) is 19.9 Å². The molecule has 1 rings (SSSR count). The van der Waals surface area contributed by atoms with E-state index in [0.29, 0.717) is 11.7 Å². The number of hydrogen-bond acceptors (Lipinski definition) is 2. The van der Waals surface area contributed by atoms with Gasteiger partial charge in [0.05, 0.1) is 0 Å². The number of carbonyl (C=O) groups is 1. The molecule has 0 unspecified atom stereocenters. The maximum absolute atomic E-state index is 11.6. The largest absolute Gasteiger partial charge is 0.335 e. The van der Waals surface area contributed by atoms with Gasteiger partial charge in [-0.2, -0.15) is 0 Å². The summed E-state index contributed by atoms with van der Waals surface area (Å²) in [4.78, 5) is 15.6. The van der Waals surface area contributed by atoms with Gasteiger partial charge in [0.2, 0.25) is 0 Å². The molecule has 94 valence electrons. The second-order valence-corrected chi connectivity index (χ2v) is 4.69. The Hall–Kier alpha value is -1.58. The van der Waals surface area contributed by atoms with Crippen molar-refractivity contribution in [3.05, 3.63) is 24.4 Å². The molecule has 1 aromatic heterocycles. The third kappa shape index (κ3) is 5.90. The molecule has 0 saturated carbocycles. The summed E-state index contributed by atoms with van der Waals surface area (Å²) in [6, 6.07) is 5.40. The molecule has 0 aliphatic rings. The van der Waals surface area contributed by atoms with E-state index in [4.69, 9.17) is 0 Å². The fraction of sp³-hybridized carbons (Fsp3) is 0.538. The Morgan fingerprint density at radius 3 is 2.65 bits per heavy atom. The molecule has 0 spiro atoms. The Balaban J connectivity index is 2.29. The lowest BCUT2D eigenvalue weighted by Gasteiger charge is -2.15. The summed E-state index contributed by atoms with van der Waals surface area (Å²) in [5, 5.41) is 5.59. The molecule has 0 radical (unpaired) electrons. The second-order valence-electron chi connectivity index (χ2n) is 4.69. The number of hydrogen-bond donors (Lipinski definition) is 2. The molecule has 4 nitrogen and oxygen atoms in total. The third-order valence-corrected chi connectivity index (χ3v) is 2.46. The Labute approximate surface area is 103 Å². The smallest absolute Gasteiger partial charge is 0.320 e. The van der Waals surface area contributed by atoms with Crippen LogP contribution in [-0.4, -0.2) is 17.1 Å². The van der Waals surface area contributed by atoms with Crippen molar-refractivity contribution in [2.75, 3.05) is 5.32 Å². The number of amides is 2. The van der Waals surface area contributed by atoms with E-state index in [1.165, 1.54) is 0 Å². The molecule has 0 saturated heterocycles. The number of aromatic nitrogens is 1. The van der Waals surface area contributed by atoms with Crippen LogP contribution in [0.5, 0.6) is 0 Å². The minimum Gasteiger partial charge on any atom is -0.335 e. The van der Waals surface area contributed by atoms with Gasteiger partial charge in [-0.15, -0.1) is 0 Å². The molecule has 0 aliphatic heterocycles. The first-order valence-electron chi connectivity index (χ1n) is 6.06. The monoisotopic (exact) mass is 235 g/mol. The zero-order valence-electron chi connectivity index (χ0n) is 10.7. The van der Waals surface area contributed by atoms with Gasteiger partial charge in [0.1, 0.15) is 5.82 Å². The van der Waals surface area contributed by atoms with Crippen molar-refractivity contribution in [1.82, 2.24) is 10.3 Å². The zero-order chi connectivity index (χ0) is 12.7. The molecular formula is C13H21N3O. The van der Waals surface area contributed by atoms with Crippen LogP contribution in [-0.2, 0) is 0 Å². The van der Waals surface area contributed by atoms with E-state index in [-0.39, 0.29) is 12.1 Å². The van der Waals surface area contributed by atoms with Crippen LogP contribution in [0.2, 0.25) is 0 Å². The molecule has 4 heteroatoms. The number of rotatable bonds is 5. The number of nitrogens with zero attached hydrogens (tertiary/aromatic N) is 1. The fourth-order valence-electron chi connectivity index (χ4n) is 1.47. The van der Waals surface area contributed by atoms with Crippen molar-refractivity contribution in [1.29, 1.82) is 0 Å². The van der Waals surface area contributed by atoms with Crippen LogP contribution in [0.3, 0.4) is 0 Å². The van der Waals surface area contributed by atoms with Gasteiger partial charge in [0.25, 0.3) is 0 Å². The highest BCUT2D eigenvalue weighted by Gasteiger charge is 2.08. The van der Waals surface area contributed by atoms with Gasteiger partial charge >= 0.3 is 6.03 Å². The summed E-state index contributed by atoms with van der Waals surface area (Å²) in [6.45, 7) is 6.38. The predicted octanol–water partition coefficient (Wildman–Crippen LogP) is 3.03. The highest BCUT2D eigenvalue weighted by molar-refractivity contribution is 5.88. The number of pyridine rings is 1. The van der Waals surface area contributed by atoms with Crippen molar-refractivity contribution in [2.24, 2.45) is 5.92 Å². The lowest BCUT2D eigenvalue weighted by atomic mass is 10.0. The van der Waals surface area contributed by atoms with E-state index in [1.54, 1.807) is 12.3 Å². The topological polar surface area (TPSA) is 54.0 Å². The second kappa shape index (κ2) is 6.89. The molecule has 2 N–H and O–H groups in total. The number of nitrogens with one attached hydrogen (secondary N) is 2. The van der Waals surface area contributed by atoms with Gasteiger partial charge in [-0.05, 0) is 37.8 Å². The summed E-state index contributed by atoms with van der Waals surface area (Å²) in [5.41, 5.74) is 0. The lowest BCUT2D eigenvalue weighted by Crippen LogP contribution is -2.36. The van der Waals surface area contributed by atoms with Crippen LogP contribution in [0.15, 0.2) is 24.4 Å². The average molecular weight is 235 g/mol. The van der Waals surface area contributed by atoms with E-state index >= 15 is 0 Å². The highest BCUT2D eigenvalue weighted by Crippen LogP contribution is 2.06. The van der Waals surface area contributed by atoms with Crippen LogP contribution in [0, 0.1) is 5.92 Å². The normalized spacial score (nSPS) is 12.2. The van der Waals surface area contributed by atoms with Crippen molar-refractivity contribution in [3.8, 4) is 0 Å². The molecule has 0 bridgehead atoms. The van der Waals surface area contributed by atoms with Gasteiger partial charge < -0.3 is 5.32 Å². The molecule has 0 aromatic carbocycles. The van der Waals surface area contributed by atoms with E-state index < -0.39 is 0 Å². The highest BCUT2D eigenvalue weighted by atomic mass is 16.2. The molecule has 0 fully saturated rings. The quantitative estimate of drug-likeness (QED) is 0.824. The fourth-order valence-corrected chi connectivity index (χ4v) is 1.47. The number of anilines is 1. The first kappa shape index (κ1) is 13.5. The average Bonchev–Trinajstić information content (AvgIpc) is 2.27. The molecule has 2 amide bonds. The lowest BCUT2D eigenvalue weighted by molar-refractivity contribution is 0.248. The summed E-state index contributed by atoms with van der Waals surface area (Å²) in [6.07, 6.45) is 3.76. The van der Waals surface area contributed by atoms with Gasteiger partial charge in [-0.3, -0.25) is 5.32 Å². The molecule has 1 aromatic rings. The number of urea groups is 1. The van der Waals surface area contributed by atoms with E-state index in [2.05, 4.69) is 29.5 Å². The van der Waals surface area contributed by atoms with Crippen LogP contribution < -0.4 is 10.6 Å². The first-order chi connectivity index (χ1) is 8.08. The Kier molecular flexibility index (Phi) is 5.46. The summed E-state index contributed by atoms with van der Waals surface area (Å²) in [5.74, 6) is 1.24. The molecule has 0 aliphatic carbocycles. The van der Waals surface area contributed by atoms with Crippen LogP contribution >= 0.6 is 0 Å². The molecule has 1 heterocycles. The minimum atomic E-state index is -0.194.